The van der Waals surface area contributed by atoms with Crippen molar-refractivity contribution >= 4 is 17.4 Å². The normalized spacial score (nSPS) is 16.4. The van der Waals surface area contributed by atoms with Gasteiger partial charge in [0.2, 0.25) is 0 Å². The van der Waals surface area contributed by atoms with E-state index in [1.807, 2.05) is 60.7 Å². The van der Waals surface area contributed by atoms with Crippen LogP contribution in [0.2, 0.25) is 0 Å². The molecule has 0 aromatic heterocycles. The summed E-state index contributed by atoms with van der Waals surface area (Å²) in [5.41, 5.74) is 3.95. The van der Waals surface area contributed by atoms with Crippen molar-refractivity contribution in [3.8, 4) is 11.5 Å². The van der Waals surface area contributed by atoms with E-state index in [2.05, 4.69) is 17.0 Å². The predicted molar refractivity (Wildman–Crippen MR) is 157 cm³/mol. The summed E-state index contributed by atoms with van der Waals surface area (Å²) in [6, 6.07) is 23.9. The highest BCUT2D eigenvalue weighted by Crippen LogP contribution is 2.45. The zero-order chi connectivity index (χ0) is 27.9. The second-order valence-corrected chi connectivity index (χ2v) is 11.1. The lowest BCUT2D eigenvalue weighted by molar-refractivity contribution is -0.137. The molecule has 0 radical (unpaired) electrons. The zero-order valence-corrected chi connectivity index (χ0v) is 23.3. The molecule has 3 aromatic carbocycles. The number of piperidine rings is 1. The van der Waals surface area contributed by atoms with Crippen LogP contribution in [-0.2, 0) is 11.2 Å². The number of ketones is 1. The van der Waals surface area contributed by atoms with E-state index >= 15 is 0 Å². The number of aryl methyl sites for hydroxylation is 1. The standard InChI is InChI=1S/C34H39NO5/c1-39-28-13-14-30(33(36)15-10-24-6-3-2-4-7-24)32(21-28)35-18-16-25(17-19-35)23-40-29-9-5-8-27(20-29)31(22-34(37)38)26-11-12-26/h2-9,13-14,20-21,25-26,31H,10-12,15-19,22-23H2,1H3,(H,37,38). The van der Waals surface area contributed by atoms with Gasteiger partial charge in [-0.1, -0.05) is 42.5 Å². The second-order valence-electron chi connectivity index (χ2n) is 11.1. The van der Waals surface area contributed by atoms with Crippen LogP contribution in [0.5, 0.6) is 11.5 Å². The Morgan fingerprint density at radius 1 is 0.925 bits per heavy atom. The molecule has 5 rings (SSSR count). The molecule has 1 atom stereocenters. The summed E-state index contributed by atoms with van der Waals surface area (Å²) in [6.07, 6.45) is 5.53. The van der Waals surface area contributed by atoms with Crippen molar-refractivity contribution in [2.75, 3.05) is 31.7 Å². The minimum absolute atomic E-state index is 0.0664. The molecule has 1 unspecified atom stereocenters. The summed E-state index contributed by atoms with van der Waals surface area (Å²) >= 11 is 0. The van der Waals surface area contributed by atoms with Gasteiger partial charge in [-0.25, -0.2) is 0 Å². The number of ether oxygens (including phenoxy) is 2. The molecular weight excluding hydrogens is 502 g/mol. The summed E-state index contributed by atoms with van der Waals surface area (Å²) < 4.78 is 11.7. The second kappa shape index (κ2) is 13.0. The van der Waals surface area contributed by atoms with Crippen molar-refractivity contribution in [3.05, 3.63) is 89.5 Å². The molecule has 2 fully saturated rings. The largest absolute Gasteiger partial charge is 0.497 e. The SMILES string of the molecule is COc1ccc(C(=O)CCc2ccccc2)c(N2CCC(COc3cccc(C(CC(=O)O)C4CC4)c3)CC2)c1. The van der Waals surface area contributed by atoms with Gasteiger partial charge in [0.1, 0.15) is 11.5 Å². The molecule has 0 amide bonds. The quantitative estimate of drug-likeness (QED) is 0.241. The van der Waals surface area contributed by atoms with Gasteiger partial charge < -0.3 is 19.5 Å². The van der Waals surface area contributed by atoms with Crippen molar-refractivity contribution in [3.63, 3.8) is 0 Å². The van der Waals surface area contributed by atoms with E-state index in [9.17, 15) is 14.7 Å². The lowest BCUT2D eigenvalue weighted by atomic mass is 9.91. The molecule has 1 aliphatic carbocycles. The van der Waals surface area contributed by atoms with Gasteiger partial charge in [-0.3, -0.25) is 9.59 Å². The highest BCUT2D eigenvalue weighted by molar-refractivity contribution is 6.01. The zero-order valence-electron chi connectivity index (χ0n) is 23.3. The number of Topliss-reactive ketones (excluding diaryl/α,β-unsaturated/α-hetero) is 1. The number of rotatable bonds is 13. The van der Waals surface area contributed by atoms with Crippen LogP contribution < -0.4 is 14.4 Å². The number of carboxylic acids is 1. The Morgan fingerprint density at radius 2 is 1.70 bits per heavy atom. The summed E-state index contributed by atoms with van der Waals surface area (Å²) in [7, 11) is 1.66. The van der Waals surface area contributed by atoms with Gasteiger partial charge in [0, 0.05) is 31.1 Å². The maximum absolute atomic E-state index is 13.3. The molecule has 6 nitrogen and oxygen atoms in total. The molecule has 1 heterocycles. The number of hydrogen-bond acceptors (Lipinski definition) is 5. The fourth-order valence-corrected chi connectivity index (χ4v) is 5.81. The first kappa shape index (κ1) is 27.8. The molecule has 1 saturated heterocycles. The van der Waals surface area contributed by atoms with Gasteiger partial charge in [-0.2, -0.15) is 0 Å². The van der Waals surface area contributed by atoms with Crippen LogP contribution in [0.25, 0.3) is 0 Å². The number of benzene rings is 3. The predicted octanol–water partition coefficient (Wildman–Crippen LogP) is 6.77. The third-order valence-electron chi connectivity index (χ3n) is 8.30. The molecule has 0 bridgehead atoms. The van der Waals surface area contributed by atoms with Crippen molar-refractivity contribution in [2.24, 2.45) is 11.8 Å². The highest BCUT2D eigenvalue weighted by Gasteiger charge is 2.34. The van der Waals surface area contributed by atoms with Crippen LogP contribution in [0, 0.1) is 11.8 Å². The van der Waals surface area contributed by atoms with Crippen LogP contribution in [-0.4, -0.2) is 43.7 Å². The minimum Gasteiger partial charge on any atom is -0.497 e. The summed E-state index contributed by atoms with van der Waals surface area (Å²) in [4.78, 5) is 27.0. The van der Waals surface area contributed by atoms with Crippen LogP contribution in [0.4, 0.5) is 5.69 Å². The van der Waals surface area contributed by atoms with E-state index in [1.165, 1.54) is 5.56 Å². The van der Waals surface area contributed by atoms with E-state index in [-0.39, 0.29) is 18.1 Å². The number of nitrogens with zero attached hydrogens (tertiary/aromatic N) is 1. The minimum atomic E-state index is -0.743. The van der Waals surface area contributed by atoms with Crippen molar-refractivity contribution in [1.29, 1.82) is 0 Å². The van der Waals surface area contributed by atoms with E-state index in [0.717, 1.165) is 73.5 Å². The van der Waals surface area contributed by atoms with E-state index in [1.54, 1.807) is 7.11 Å². The third kappa shape index (κ3) is 7.23. The highest BCUT2D eigenvalue weighted by atomic mass is 16.5. The third-order valence-corrected chi connectivity index (χ3v) is 8.30. The molecule has 2 aliphatic rings. The van der Waals surface area contributed by atoms with Crippen LogP contribution in [0.1, 0.15) is 65.9 Å². The van der Waals surface area contributed by atoms with Gasteiger partial charge in [-0.15, -0.1) is 0 Å². The van der Waals surface area contributed by atoms with Crippen LogP contribution >= 0.6 is 0 Å². The smallest absolute Gasteiger partial charge is 0.303 e. The Labute approximate surface area is 236 Å². The summed E-state index contributed by atoms with van der Waals surface area (Å²) in [5.74, 6) is 1.94. The molecular formula is C34H39NO5. The maximum atomic E-state index is 13.3. The van der Waals surface area contributed by atoms with Gasteiger partial charge in [0.15, 0.2) is 5.78 Å². The Morgan fingerprint density at radius 3 is 2.40 bits per heavy atom. The molecule has 40 heavy (non-hydrogen) atoms. The number of carbonyl (C=O) groups excluding carboxylic acids is 1. The van der Waals surface area contributed by atoms with Gasteiger partial charge in [0.25, 0.3) is 0 Å². The first-order valence-electron chi connectivity index (χ1n) is 14.4. The monoisotopic (exact) mass is 541 g/mol. The molecule has 1 saturated carbocycles. The van der Waals surface area contributed by atoms with Gasteiger partial charge in [0.05, 0.1) is 25.8 Å². The Hall–Kier alpha value is -3.80. The Kier molecular flexibility index (Phi) is 9.04. The van der Waals surface area contributed by atoms with E-state index in [4.69, 9.17) is 9.47 Å². The van der Waals surface area contributed by atoms with E-state index < -0.39 is 5.97 Å². The number of hydrogen-bond donors (Lipinski definition) is 1. The topological polar surface area (TPSA) is 76.1 Å². The van der Waals surface area contributed by atoms with Crippen molar-refractivity contribution in [2.45, 2.75) is 50.9 Å². The maximum Gasteiger partial charge on any atom is 0.303 e. The van der Waals surface area contributed by atoms with Gasteiger partial charge >= 0.3 is 5.97 Å². The average Bonchev–Trinajstić information content (AvgIpc) is 3.84. The first-order valence-corrected chi connectivity index (χ1v) is 14.4. The van der Waals surface area contributed by atoms with Crippen LogP contribution in [0.15, 0.2) is 72.8 Å². The molecule has 0 spiro atoms. The van der Waals surface area contributed by atoms with E-state index in [0.29, 0.717) is 24.9 Å². The Balaban J connectivity index is 1.18. The molecule has 210 valence electrons. The summed E-state index contributed by atoms with van der Waals surface area (Å²) in [6.45, 7) is 2.33. The number of carbonyl (C=O) groups is 2. The van der Waals surface area contributed by atoms with Crippen LogP contribution in [0.3, 0.4) is 0 Å². The van der Waals surface area contributed by atoms with Crippen molar-refractivity contribution in [1.82, 2.24) is 0 Å². The number of methoxy groups -OCH3 is 1. The fraction of sp³-hybridized carbons (Fsp3) is 0.412. The Bertz CT molecular complexity index is 1290. The molecule has 1 aliphatic heterocycles. The number of carboxylic acid groups (broad SMARTS) is 1. The van der Waals surface area contributed by atoms with Crippen molar-refractivity contribution < 1.29 is 24.2 Å². The fourth-order valence-electron chi connectivity index (χ4n) is 5.81. The first-order chi connectivity index (χ1) is 19.5. The lowest BCUT2D eigenvalue weighted by Crippen LogP contribution is -2.36. The molecule has 1 N–H and O–H groups in total. The number of anilines is 1. The lowest BCUT2D eigenvalue weighted by Gasteiger charge is -2.34. The van der Waals surface area contributed by atoms with Gasteiger partial charge in [-0.05, 0) is 85.3 Å². The molecule has 3 aromatic rings. The summed E-state index contributed by atoms with van der Waals surface area (Å²) in [5, 5.41) is 9.36. The average molecular weight is 542 g/mol. The molecule has 6 heteroatoms. The number of aliphatic carboxylic acids is 1.